The number of hydrogen-bond acceptors (Lipinski definition) is 2. The van der Waals surface area contributed by atoms with Crippen molar-refractivity contribution in [3.8, 4) is 0 Å². The van der Waals surface area contributed by atoms with Gasteiger partial charge in [0.1, 0.15) is 0 Å². The van der Waals surface area contributed by atoms with E-state index in [2.05, 4.69) is 37.2 Å². The highest BCUT2D eigenvalue weighted by molar-refractivity contribution is 9.11. The van der Waals surface area contributed by atoms with Crippen molar-refractivity contribution in [3.63, 3.8) is 0 Å². The minimum Gasteiger partial charge on any atom is -0.388 e. The molecule has 0 heterocycles. The third-order valence-electron chi connectivity index (χ3n) is 2.81. The Morgan fingerprint density at radius 2 is 2.00 bits per heavy atom. The molecule has 0 aliphatic rings. The van der Waals surface area contributed by atoms with E-state index in [0.29, 0.717) is 6.54 Å². The van der Waals surface area contributed by atoms with Crippen LogP contribution in [0, 0.1) is 5.92 Å². The van der Waals surface area contributed by atoms with Crippen LogP contribution < -0.4 is 5.32 Å². The van der Waals surface area contributed by atoms with Gasteiger partial charge < -0.3 is 10.4 Å². The molecule has 0 aliphatic heterocycles. The Bertz CT molecular complexity index is 364. The van der Waals surface area contributed by atoms with Crippen molar-refractivity contribution in [2.75, 3.05) is 11.9 Å². The third-order valence-corrected chi connectivity index (χ3v) is 3.96. The first kappa shape index (κ1) is 14.0. The number of anilines is 1. The highest BCUT2D eigenvalue weighted by Crippen LogP contribution is 2.27. The minimum atomic E-state index is -0.702. The summed E-state index contributed by atoms with van der Waals surface area (Å²) in [6.45, 7) is 6.40. The Hall–Kier alpha value is -0.0600. The lowest BCUT2D eigenvalue weighted by molar-refractivity contribution is 0.0266. The average Bonchev–Trinajstić information content (AvgIpc) is 2.16. The summed E-state index contributed by atoms with van der Waals surface area (Å²) in [6, 6.07) is 5.92. The fraction of sp³-hybridized carbons (Fsp3) is 0.500. The van der Waals surface area contributed by atoms with Gasteiger partial charge in [-0.15, -0.1) is 0 Å². The fourth-order valence-corrected chi connectivity index (χ4v) is 2.30. The summed E-state index contributed by atoms with van der Waals surface area (Å²) in [6.07, 6.45) is 0. The topological polar surface area (TPSA) is 32.3 Å². The molecule has 90 valence electrons. The molecule has 0 fully saturated rings. The van der Waals surface area contributed by atoms with E-state index in [1.165, 1.54) is 0 Å². The van der Waals surface area contributed by atoms with E-state index in [9.17, 15) is 5.11 Å². The maximum atomic E-state index is 10.1. The lowest BCUT2D eigenvalue weighted by atomic mass is 9.92. The van der Waals surface area contributed by atoms with Crippen LogP contribution in [-0.4, -0.2) is 17.3 Å². The molecule has 0 aliphatic carbocycles. The van der Waals surface area contributed by atoms with Crippen molar-refractivity contribution in [3.05, 3.63) is 27.1 Å². The molecule has 1 unspecified atom stereocenters. The SMILES string of the molecule is CC(C)C(C)(O)CNc1ccc(Br)cc1Br. The molecule has 0 spiro atoms. The zero-order chi connectivity index (χ0) is 12.3. The van der Waals surface area contributed by atoms with Gasteiger partial charge in [-0.1, -0.05) is 29.8 Å². The molecule has 0 amide bonds. The molecular weight excluding hydrogens is 334 g/mol. The second-order valence-corrected chi connectivity index (χ2v) is 6.26. The lowest BCUT2D eigenvalue weighted by Crippen LogP contribution is -2.38. The standard InChI is InChI=1S/C12H17Br2NO/c1-8(2)12(3,16)7-15-11-5-4-9(13)6-10(11)14/h4-6,8,15-16H,7H2,1-3H3. The lowest BCUT2D eigenvalue weighted by Gasteiger charge is -2.28. The Labute approximate surface area is 114 Å². The predicted molar refractivity (Wildman–Crippen MR) is 75.8 cm³/mol. The first-order chi connectivity index (χ1) is 7.33. The summed E-state index contributed by atoms with van der Waals surface area (Å²) < 4.78 is 2.02. The van der Waals surface area contributed by atoms with Gasteiger partial charge in [-0.3, -0.25) is 0 Å². The molecule has 16 heavy (non-hydrogen) atoms. The van der Waals surface area contributed by atoms with Gasteiger partial charge >= 0.3 is 0 Å². The molecule has 1 atom stereocenters. The molecule has 1 aromatic rings. The summed E-state index contributed by atoms with van der Waals surface area (Å²) >= 11 is 6.88. The smallest absolute Gasteiger partial charge is 0.0813 e. The Balaban J connectivity index is 2.68. The first-order valence-electron chi connectivity index (χ1n) is 5.24. The van der Waals surface area contributed by atoms with Crippen LogP contribution in [0.3, 0.4) is 0 Å². The quantitative estimate of drug-likeness (QED) is 0.859. The Kier molecular flexibility index (Phi) is 4.83. The van der Waals surface area contributed by atoms with Crippen LogP contribution >= 0.6 is 31.9 Å². The minimum absolute atomic E-state index is 0.217. The molecule has 0 bridgehead atoms. The van der Waals surface area contributed by atoms with E-state index in [1.807, 2.05) is 39.0 Å². The van der Waals surface area contributed by atoms with Crippen molar-refractivity contribution in [2.24, 2.45) is 5.92 Å². The monoisotopic (exact) mass is 349 g/mol. The van der Waals surface area contributed by atoms with Gasteiger partial charge in [0.05, 0.1) is 5.60 Å². The number of benzene rings is 1. The highest BCUT2D eigenvalue weighted by atomic mass is 79.9. The second-order valence-electron chi connectivity index (χ2n) is 4.49. The number of nitrogens with one attached hydrogen (secondary N) is 1. The second kappa shape index (κ2) is 5.52. The molecule has 0 radical (unpaired) electrons. The molecule has 1 rings (SSSR count). The molecule has 2 N–H and O–H groups in total. The molecule has 0 saturated heterocycles. The molecule has 4 heteroatoms. The Morgan fingerprint density at radius 1 is 1.38 bits per heavy atom. The molecule has 2 nitrogen and oxygen atoms in total. The Morgan fingerprint density at radius 3 is 2.50 bits per heavy atom. The zero-order valence-corrected chi connectivity index (χ0v) is 12.9. The summed E-state index contributed by atoms with van der Waals surface area (Å²) in [5.74, 6) is 0.217. The van der Waals surface area contributed by atoms with Gasteiger partial charge in [0, 0.05) is 21.2 Å². The van der Waals surface area contributed by atoms with Crippen LogP contribution in [0.1, 0.15) is 20.8 Å². The van der Waals surface area contributed by atoms with E-state index >= 15 is 0 Å². The van der Waals surface area contributed by atoms with Crippen LogP contribution in [0.15, 0.2) is 27.1 Å². The maximum Gasteiger partial charge on any atom is 0.0813 e. The van der Waals surface area contributed by atoms with E-state index in [-0.39, 0.29) is 5.92 Å². The van der Waals surface area contributed by atoms with Crippen LogP contribution in [-0.2, 0) is 0 Å². The fourth-order valence-electron chi connectivity index (χ4n) is 1.11. The van der Waals surface area contributed by atoms with Crippen molar-refractivity contribution in [1.29, 1.82) is 0 Å². The van der Waals surface area contributed by atoms with Crippen LogP contribution in [0.4, 0.5) is 5.69 Å². The van der Waals surface area contributed by atoms with Gasteiger partial charge in [-0.25, -0.2) is 0 Å². The summed E-state index contributed by atoms with van der Waals surface area (Å²) in [4.78, 5) is 0. The summed E-state index contributed by atoms with van der Waals surface area (Å²) in [5, 5.41) is 13.4. The van der Waals surface area contributed by atoms with Crippen molar-refractivity contribution < 1.29 is 5.11 Å². The van der Waals surface area contributed by atoms with Crippen LogP contribution in [0.5, 0.6) is 0 Å². The van der Waals surface area contributed by atoms with Gasteiger partial charge in [0.25, 0.3) is 0 Å². The maximum absolute atomic E-state index is 10.1. The number of halogens is 2. The predicted octanol–water partition coefficient (Wildman–Crippen LogP) is 4.03. The van der Waals surface area contributed by atoms with Crippen LogP contribution in [0.2, 0.25) is 0 Å². The normalized spacial score (nSPS) is 14.9. The number of hydrogen-bond donors (Lipinski definition) is 2. The van der Waals surface area contributed by atoms with Gasteiger partial charge in [-0.2, -0.15) is 0 Å². The summed E-state index contributed by atoms with van der Waals surface area (Å²) in [5.41, 5.74) is 0.288. The summed E-state index contributed by atoms with van der Waals surface area (Å²) in [7, 11) is 0. The first-order valence-corrected chi connectivity index (χ1v) is 6.83. The third kappa shape index (κ3) is 3.75. The molecular formula is C12H17Br2NO. The van der Waals surface area contributed by atoms with Crippen molar-refractivity contribution >= 4 is 37.5 Å². The van der Waals surface area contributed by atoms with E-state index in [4.69, 9.17) is 0 Å². The van der Waals surface area contributed by atoms with Crippen LogP contribution in [0.25, 0.3) is 0 Å². The van der Waals surface area contributed by atoms with E-state index in [1.54, 1.807) is 0 Å². The van der Waals surface area contributed by atoms with Gasteiger partial charge in [-0.05, 0) is 47.0 Å². The van der Waals surface area contributed by atoms with Gasteiger partial charge in [0.2, 0.25) is 0 Å². The highest BCUT2D eigenvalue weighted by Gasteiger charge is 2.24. The zero-order valence-electron chi connectivity index (χ0n) is 9.72. The van der Waals surface area contributed by atoms with E-state index in [0.717, 1.165) is 14.6 Å². The largest absolute Gasteiger partial charge is 0.388 e. The molecule has 1 aromatic carbocycles. The average molecular weight is 351 g/mol. The molecule has 0 aromatic heterocycles. The number of aliphatic hydroxyl groups is 1. The van der Waals surface area contributed by atoms with Crippen molar-refractivity contribution in [1.82, 2.24) is 0 Å². The molecule has 0 saturated carbocycles. The van der Waals surface area contributed by atoms with E-state index < -0.39 is 5.60 Å². The van der Waals surface area contributed by atoms with Gasteiger partial charge in [0.15, 0.2) is 0 Å². The number of rotatable bonds is 4. The van der Waals surface area contributed by atoms with Crippen molar-refractivity contribution in [2.45, 2.75) is 26.4 Å².